The van der Waals surface area contributed by atoms with E-state index in [9.17, 15) is 18.4 Å². The average Bonchev–Trinajstić information content (AvgIpc) is 3.25. The highest BCUT2D eigenvalue weighted by molar-refractivity contribution is 5.94. The molecule has 0 aliphatic carbocycles. The fourth-order valence-electron chi connectivity index (χ4n) is 2.93. The number of nitrogens with one attached hydrogen (secondary N) is 1. The van der Waals surface area contributed by atoms with Gasteiger partial charge in [-0.2, -0.15) is 23.5 Å². The molecule has 0 amide bonds. The van der Waals surface area contributed by atoms with Gasteiger partial charge in [-0.05, 0) is 18.2 Å². The predicted octanol–water partition coefficient (Wildman–Crippen LogP) is 3.78. The Labute approximate surface area is 144 Å². The molecule has 130 valence electrons. The van der Waals surface area contributed by atoms with Crippen LogP contribution in [0.25, 0.3) is 27.8 Å². The number of H-pyrrole nitrogens is 1. The minimum Gasteiger partial charge on any atom is -0.495 e. The van der Waals surface area contributed by atoms with Gasteiger partial charge in [-0.25, -0.2) is 4.98 Å². The molecule has 0 saturated heterocycles. The fourth-order valence-corrected chi connectivity index (χ4v) is 2.93. The van der Waals surface area contributed by atoms with Crippen molar-refractivity contribution < 1.29 is 17.9 Å². The highest BCUT2D eigenvalue weighted by Crippen LogP contribution is 2.37. The summed E-state index contributed by atoms with van der Waals surface area (Å²) >= 11 is 0. The number of aromatic amines is 1. The molecule has 3 aromatic heterocycles. The van der Waals surface area contributed by atoms with Gasteiger partial charge in [-0.1, -0.05) is 0 Å². The number of benzene rings is 1. The van der Waals surface area contributed by atoms with Crippen molar-refractivity contribution in [3.8, 4) is 23.1 Å². The largest absolute Gasteiger partial charge is 0.495 e. The van der Waals surface area contributed by atoms with Gasteiger partial charge >= 0.3 is 6.18 Å². The molecule has 6 nitrogen and oxygen atoms in total. The number of hydrogen-bond acceptors (Lipinski definition) is 4. The van der Waals surface area contributed by atoms with Crippen molar-refractivity contribution in [2.24, 2.45) is 0 Å². The third-order valence-corrected chi connectivity index (χ3v) is 4.14. The van der Waals surface area contributed by atoms with Crippen LogP contribution in [0.15, 0.2) is 36.8 Å². The molecule has 4 aromatic rings. The highest BCUT2D eigenvalue weighted by atomic mass is 19.4. The SMILES string of the molecule is COc1ccn2c(-c3cc(C(F)(F)F)cc4[nH]ncc34)cnc2c1C#N. The molecule has 9 heteroatoms. The summed E-state index contributed by atoms with van der Waals surface area (Å²) in [6, 6.07) is 5.65. The van der Waals surface area contributed by atoms with Crippen LogP contribution in [0, 0.1) is 11.3 Å². The third kappa shape index (κ3) is 2.27. The van der Waals surface area contributed by atoms with Crippen LogP contribution in [0.1, 0.15) is 11.1 Å². The second kappa shape index (κ2) is 5.49. The third-order valence-electron chi connectivity index (χ3n) is 4.14. The zero-order valence-electron chi connectivity index (χ0n) is 13.3. The number of pyridine rings is 1. The summed E-state index contributed by atoms with van der Waals surface area (Å²) in [4.78, 5) is 4.21. The van der Waals surface area contributed by atoms with Gasteiger partial charge in [0, 0.05) is 17.1 Å². The molecule has 0 unspecified atom stereocenters. The smallest absolute Gasteiger partial charge is 0.416 e. The van der Waals surface area contributed by atoms with Crippen LogP contribution < -0.4 is 4.74 Å². The van der Waals surface area contributed by atoms with Crippen molar-refractivity contribution in [3.63, 3.8) is 0 Å². The molecular formula is C17H10F3N5O. The lowest BCUT2D eigenvalue weighted by Gasteiger charge is -2.11. The molecule has 1 N–H and O–H groups in total. The van der Waals surface area contributed by atoms with Crippen LogP contribution in [-0.2, 0) is 6.18 Å². The van der Waals surface area contributed by atoms with Gasteiger partial charge in [0.25, 0.3) is 0 Å². The van der Waals surface area contributed by atoms with Crippen LogP contribution in [0.3, 0.4) is 0 Å². The molecule has 4 rings (SSSR count). The molecule has 0 spiro atoms. The number of nitriles is 1. The number of imidazole rings is 1. The lowest BCUT2D eigenvalue weighted by Crippen LogP contribution is -2.05. The first-order chi connectivity index (χ1) is 12.4. The van der Waals surface area contributed by atoms with Crippen molar-refractivity contribution >= 4 is 16.6 Å². The van der Waals surface area contributed by atoms with E-state index in [4.69, 9.17) is 4.74 Å². The Hall–Kier alpha value is -3.54. The molecular weight excluding hydrogens is 347 g/mol. The Morgan fingerprint density at radius 2 is 2.08 bits per heavy atom. The van der Waals surface area contributed by atoms with Crippen LogP contribution >= 0.6 is 0 Å². The summed E-state index contributed by atoms with van der Waals surface area (Å²) in [5.41, 5.74) is 0.696. The summed E-state index contributed by atoms with van der Waals surface area (Å²) in [7, 11) is 1.43. The van der Waals surface area contributed by atoms with E-state index in [1.54, 1.807) is 16.7 Å². The molecule has 0 aliphatic heterocycles. The maximum atomic E-state index is 13.3. The second-order valence-electron chi connectivity index (χ2n) is 5.56. The first kappa shape index (κ1) is 16.0. The molecule has 3 heterocycles. The molecule has 0 atom stereocenters. The van der Waals surface area contributed by atoms with E-state index in [1.165, 1.54) is 19.5 Å². The van der Waals surface area contributed by atoms with Crippen LogP contribution in [0.2, 0.25) is 0 Å². The number of rotatable bonds is 2. The lowest BCUT2D eigenvalue weighted by atomic mass is 10.0. The van der Waals surface area contributed by atoms with Gasteiger partial charge in [0.15, 0.2) is 5.65 Å². The van der Waals surface area contributed by atoms with Crippen molar-refractivity contribution in [2.45, 2.75) is 6.18 Å². The number of ether oxygens (including phenoxy) is 1. The average molecular weight is 357 g/mol. The van der Waals surface area contributed by atoms with Gasteiger partial charge in [0.05, 0.1) is 36.3 Å². The van der Waals surface area contributed by atoms with Gasteiger partial charge in [-0.3, -0.25) is 9.50 Å². The van der Waals surface area contributed by atoms with Crippen LogP contribution in [-0.4, -0.2) is 26.7 Å². The van der Waals surface area contributed by atoms with Gasteiger partial charge in [-0.15, -0.1) is 0 Å². The first-order valence-electron chi connectivity index (χ1n) is 7.43. The van der Waals surface area contributed by atoms with Crippen molar-refractivity contribution in [3.05, 3.63) is 47.9 Å². The van der Waals surface area contributed by atoms with E-state index < -0.39 is 11.7 Å². The van der Waals surface area contributed by atoms with E-state index in [0.29, 0.717) is 28.0 Å². The van der Waals surface area contributed by atoms with E-state index >= 15 is 0 Å². The lowest BCUT2D eigenvalue weighted by molar-refractivity contribution is -0.137. The maximum Gasteiger partial charge on any atom is 0.416 e. The van der Waals surface area contributed by atoms with E-state index in [2.05, 4.69) is 15.2 Å². The molecule has 0 fully saturated rings. The number of methoxy groups -OCH3 is 1. The summed E-state index contributed by atoms with van der Waals surface area (Å²) in [5, 5.41) is 16.3. The summed E-state index contributed by atoms with van der Waals surface area (Å²) in [5.74, 6) is 0.342. The number of aromatic nitrogens is 4. The number of alkyl halides is 3. The topological polar surface area (TPSA) is 79.0 Å². The Kier molecular flexibility index (Phi) is 3.37. The molecule has 26 heavy (non-hydrogen) atoms. The standard InChI is InChI=1S/C17H10F3N5O/c1-26-15-2-3-25-14(8-22-16(25)11(15)6-21)10-4-9(17(18,19)20)5-13-12(10)7-23-24-13/h2-5,7-8H,1H3,(H,23,24). The van der Waals surface area contributed by atoms with Crippen LogP contribution in [0.4, 0.5) is 13.2 Å². The molecule has 1 aromatic carbocycles. The van der Waals surface area contributed by atoms with Crippen molar-refractivity contribution in [1.82, 2.24) is 19.6 Å². The Bertz CT molecular complexity index is 1180. The Morgan fingerprint density at radius 1 is 1.27 bits per heavy atom. The molecule has 0 bridgehead atoms. The van der Waals surface area contributed by atoms with E-state index in [-0.39, 0.29) is 11.1 Å². The molecule has 0 aliphatic rings. The van der Waals surface area contributed by atoms with Gasteiger partial charge in [0.2, 0.25) is 0 Å². The fraction of sp³-hybridized carbons (Fsp3) is 0.118. The number of halogens is 3. The van der Waals surface area contributed by atoms with E-state index in [1.807, 2.05) is 6.07 Å². The molecule has 0 radical (unpaired) electrons. The minimum atomic E-state index is -4.50. The number of fused-ring (bicyclic) bond motifs is 2. The molecule has 0 saturated carbocycles. The number of hydrogen-bond donors (Lipinski definition) is 1. The quantitative estimate of drug-likeness (QED) is 0.592. The highest BCUT2D eigenvalue weighted by Gasteiger charge is 2.32. The maximum absolute atomic E-state index is 13.3. The van der Waals surface area contributed by atoms with Crippen LogP contribution in [0.5, 0.6) is 5.75 Å². The summed E-state index contributed by atoms with van der Waals surface area (Å²) < 4.78 is 46.5. The van der Waals surface area contributed by atoms with Crippen molar-refractivity contribution in [1.29, 1.82) is 5.26 Å². The monoisotopic (exact) mass is 357 g/mol. The zero-order valence-corrected chi connectivity index (χ0v) is 13.3. The zero-order chi connectivity index (χ0) is 18.5. The van der Waals surface area contributed by atoms with Gasteiger partial charge < -0.3 is 4.74 Å². The summed E-state index contributed by atoms with van der Waals surface area (Å²) in [6.45, 7) is 0. The van der Waals surface area contributed by atoms with Gasteiger partial charge in [0.1, 0.15) is 17.4 Å². The minimum absolute atomic E-state index is 0.205. The predicted molar refractivity (Wildman–Crippen MR) is 86.5 cm³/mol. The first-order valence-corrected chi connectivity index (χ1v) is 7.43. The second-order valence-corrected chi connectivity index (χ2v) is 5.56. The van der Waals surface area contributed by atoms with Crippen molar-refractivity contribution in [2.75, 3.05) is 7.11 Å². The van der Waals surface area contributed by atoms with E-state index in [0.717, 1.165) is 12.1 Å². The summed E-state index contributed by atoms with van der Waals surface area (Å²) in [6.07, 6.45) is -0.0183. The normalized spacial score (nSPS) is 11.8. The number of nitrogens with zero attached hydrogens (tertiary/aromatic N) is 4. The Balaban J connectivity index is 2.05. The Morgan fingerprint density at radius 3 is 2.77 bits per heavy atom.